The number of hydrazone groups is 1. The first-order chi connectivity index (χ1) is 17.3. The SMILES string of the molecule is Cc1ccc(S(=O)(=O)N(CC(=O)NN=C2CCN(Cc3ccccc3)CC2)c2cccc(Br)c2)cc1. The maximum atomic E-state index is 13.5. The lowest BCUT2D eigenvalue weighted by Gasteiger charge is -2.27. The van der Waals surface area contributed by atoms with E-state index in [0.717, 1.165) is 48.1 Å². The van der Waals surface area contributed by atoms with Crippen molar-refractivity contribution < 1.29 is 13.2 Å². The monoisotopic (exact) mass is 568 g/mol. The van der Waals surface area contributed by atoms with Crippen LogP contribution in [0.4, 0.5) is 5.69 Å². The predicted molar refractivity (Wildman–Crippen MR) is 146 cm³/mol. The number of nitrogens with one attached hydrogen (secondary N) is 1. The number of anilines is 1. The van der Waals surface area contributed by atoms with Crippen LogP contribution < -0.4 is 9.73 Å². The van der Waals surface area contributed by atoms with Crippen LogP contribution in [0.5, 0.6) is 0 Å². The first-order valence-electron chi connectivity index (χ1n) is 11.8. The van der Waals surface area contributed by atoms with E-state index < -0.39 is 15.9 Å². The summed E-state index contributed by atoms with van der Waals surface area (Å²) in [6.45, 7) is 4.11. The minimum absolute atomic E-state index is 0.123. The Balaban J connectivity index is 1.42. The van der Waals surface area contributed by atoms with Crippen molar-refractivity contribution in [3.8, 4) is 0 Å². The highest BCUT2D eigenvalue weighted by Gasteiger charge is 2.27. The van der Waals surface area contributed by atoms with Gasteiger partial charge in [-0.1, -0.05) is 70.0 Å². The number of carbonyl (C=O) groups excluding carboxylic acids is 1. The summed E-state index contributed by atoms with van der Waals surface area (Å²) in [4.78, 5) is 15.3. The van der Waals surface area contributed by atoms with Gasteiger partial charge in [0.15, 0.2) is 0 Å². The fraction of sp³-hybridized carbons (Fsp3) is 0.259. The van der Waals surface area contributed by atoms with Crippen molar-refractivity contribution in [1.29, 1.82) is 0 Å². The second-order valence-electron chi connectivity index (χ2n) is 8.78. The summed E-state index contributed by atoms with van der Waals surface area (Å²) in [5.41, 5.74) is 6.10. The summed E-state index contributed by atoms with van der Waals surface area (Å²) < 4.78 is 28.8. The molecule has 0 atom stereocenters. The third kappa shape index (κ3) is 6.81. The number of rotatable bonds is 8. The van der Waals surface area contributed by atoms with Crippen molar-refractivity contribution in [3.63, 3.8) is 0 Å². The van der Waals surface area contributed by atoms with E-state index in [1.54, 1.807) is 48.5 Å². The van der Waals surface area contributed by atoms with Gasteiger partial charge in [0.2, 0.25) is 0 Å². The average Bonchev–Trinajstić information content (AvgIpc) is 2.87. The highest BCUT2D eigenvalue weighted by atomic mass is 79.9. The molecule has 4 rings (SSSR count). The molecule has 7 nitrogen and oxygen atoms in total. The smallest absolute Gasteiger partial charge is 0.264 e. The van der Waals surface area contributed by atoms with Crippen LogP contribution >= 0.6 is 15.9 Å². The highest BCUT2D eigenvalue weighted by molar-refractivity contribution is 9.10. The molecule has 0 bridgehead atoms. The number of benzene rings is 3. The van der Waals surface area contributed by atoms with Crippen LogP contribution in [0.3, 0.4) is 0 Å². The van der Waals surface area contributed by atoms with Crippen LogP contribution in [0, 0.1) is 6.92 Å². The van der Waals surface area contributed by atoms with Gasteiger partial charge in [-0.25, -0.2) is 13.8 Å². The molecule has 3 aromatic rings. The fourth-order valence-electron chi connectivity index (χ4n) is 4.01. The molecule has 188 valence electrons. The summed E-state index contributed by atoms with van der Waals surface area (Å²) in [5, 5.41) is 4.31. The van der Waals surface area contributed by atoms with Crippen LogP contribution in [-0.4, -0.2) is 44.6 Å². The lowest BCUT2D eigenvalue weighted by Crippen LogP contribution is -2.40. The van der Waals surface area contributed by atoms with Gasteiger partial charge >= 0.3 is 0 Å². The molecule has 0 unspecified atom stereocenters. The van der Waals surface area contributed by atoms with Gasteiger partial charge in [0.25, 0.3) is 15.9 Å². The van der Waals surface area contributed by atoms with E-state index in [-0.39, 0.29) is 11.4 Å². The van der Waals surface area contributed by atoms with Gasteiger partial charge in [0, 0.05) is 42.7 Å². The minimum atomic E-state index is -3.97. The average molecular weight is 570 g/mol. The molecule has 1 saturated heterocycles. The van der Waals surface area contributed by atoms with Crippen LogP contribution in [0.2, 0.25) is 0 Å². The van der Waals surface area contributed by atoms with E-state index in [4.69, 9.17) is 0 Å². The van der Waals surface area contributed by atoms with E-state index in [0.29, 0.717) is 10.2 Å². The Morgan fingerprint density at radius 2 is 1.69 bits per heavy atom. The molecule has 9 heteroatoms. The minimum Gasteiger partial charge on any atom is -0.298 e. The molecule has 1 heterocycles. The molecule has 3 aromatic carbocycles. The molecular weight excluding hydrogens is 540 g/mol. The Hall–Kier alpha value is -3.01. The molecule has 0 spiro atoms. The second-order valence-corrected chi connectivity index (χ2v) is 11.6. The molecule has 1 aliphatic rings. The largest absolute Gasteiger partial charge is 0.298 e. The first-order valence-corrected chi connectivity index (χ1v) is 14.0. The topological polar surface area (TPSA) is 82.1 Å². The highest BCUT2D eigenvalue weighted by Crippen LogP contribution is 2.26. The maximum absolute atomic E-state index is 13.5. The van der Waals surface area contributed by atoms with Gasteiger partial charge in [0.1, 0.15) is 6.54 Å². The lowest BCUT2D eigenvalue weighted by atomic mass is 10.1. The van der Waals surface area contributed by atoms with E-state index >= 15 is 0 Å². The van der Waals surface area contributed by atoms with E-state index in [2.05, 4.69) is 43.5 Å². The third-order valence-electron chi connectivity index (χ3n) is 6.01. The van der Waals surface area contributed by atoms with Gasteiger partial charge in [-0.15, -0.1) is 0 Å². The molecule has 0 radical (unpaired) electrons. The van der Waals surface area contributed by atoms with Crippen molar-refractivity contribution in [2.45, 2.75) is 31.2 Å². The molecule has 1 aliphatic heterocycles. The second kappa shape index (κ2) is 11.8. The first kappa shape index (κ1) is 26.1. The normalized spacial score (nSPS) is 14.3. The Labute approximate surface area is 221 Å². The van der Waals surface area contributed by atoms with Crippen molar-refractivity contribution >= 4 is 43.3 Å². The molecule has 1 N–H and O–H groups in total. The van der Waals surface area contributed by atoms with Gasteiger partial charge in [-0.3, -0.25) is 14.0 Å². The number of carbonyl (C=O) groups is 1. The van der Waals surface area contributed by atoms with E-state index in [9.17, 15) is 13.2 Å². The fourth-order valence-corrected chi connectivity index (χ4v) is 5.81. The number of likely N-dealkylation sites (tertiary alicyclic amines) is 1. The van der Waals surface area contributed by atoms with E-state index in [1.807, 2.05) is 25.1 Å². The lowest BCUT2D eigenvalue weighted by molar-refractivity contribution is -0.119. The summed E-state index contributed by atoms with van der Waals surface area (Å²) in [7, 11) is -3.97. The number of nitrogens with zero attached hydrogens (tertiary/aromatic N) is 3. The number of hydrogen-bond donors (Lipinski definition) is 1. The predicted octanol–water partition coefficient (Wildman–Crippen LogP) is 4.72. The number of sulfonamides is 1. The molecule has 0 saturated carbocycles. The van der Waals surface area contributed by atoms with Gasteiger partial charge in [-0.2, -0.15) is 5.10 Å². The maximum Gasteiger partial charge on any atom is 0.264 e. The number of hydrogen-bond acceptors (Lipinski definition) is 5. The van der Waals surface area contributed by atoms with E-state index in [1.165, 1.54) is 5.56 Å². The third-order valence-corrected chi connectivity index (χ3v) is 8.29. The summed E-state index contributed by atoms with van der Waals surface area (Å²) in [6.07, 6.45) is 1.51. The molecule has 1 amide bonds. The Morgan fingerprint density at radius 3 is 2.36 bits per heavy atom. The summed E-state index contributed by atoms with van der Waals surface area (Å²) in [5.74, 6) is -0.495. The van der Waals surface area contributed by atoms with Crippen LogP contribution in [0.25, 0.3) is 0 Å². The molecular formula is C27H29BrN4O3S. The van der Waals surface area contributed by atoms with Crippen molar-refractivity contribution in [1.82, 2.24) is 10.3 Å². The van der Waals surface area contributed by atoms with Gasteiger partial charge in [-0.05, 0) is 42.8 Å². The van der Waals surface area contributed by atoms with Crippen LogP contribution in [0.15, 0.2) is 93.3 Å². The van der Waals surface area contributed by atoms with Crippen molar-refractivity contribution in [2.24, 2.45) is 5.10 Å². The van der Waals surface area contributed by atoms with Gasteiger partial charge in [0.05, 0.1) is 10.6 Å². The van der Waals surface area contributed by atoms with Crippen LogP contribution in [0.1, 0.15) is 24.0 Å². The summed E-state index contributed by atoms with van der Waals surface area (Å²) >= 11 is 3.39. The Bertz CT molecular complexity index is 1320. The summed E-state index contributed by atoms with van der Waals surface area (Å²) in [6, 6.07) is 23.8. The zero-order chi connectivity index (χ0) is 25.5. The zero-order valence-corrected chi connectivity index (χ0v) is 22.5. The van der Waals surface area contributed by atoms with Crippen LogP contribution in [-0.2, 0) is 21.4 Å². The van der Waals surface area contributed by atoms with Crippen molar-refractivity contribution in [3.05, 3.63) is 94.5 Å². The van der Waals surface area contributed by atoms with Crippen molar-refractivity contribution in [2.75, 3.05) is 23.9 Å². The quantitative estimate of drug-likeness (QED) is 0.398. The number of aryl methyl sites for hydroxylation is 1. The molecule has 36 heavy (non-hydrogen) atoms. The number of piperidine rings is 1. The molecule has 1 fully saturated rings. The number of amides is 1. The Morgan fingerprint density at radius 1 is 1.00 bits per heavy atom. The standard InChI is InChI=1S/C27H29BrN4O3S/c1-21-10-12-26(13-11-21)36(34,35)32(25-9-5-8-23(28)18-25)20-27(33)30-29-24-14-16-31(17-15-24)19-22-6-3-2-4-7-22/h2-13,18H,14-17,19-20H2,1H3,(H,30,33). The molecule has 0 aliphatic carbocycles. The molecule has 0 aromatic heterocycles. The Kier molecular flexibility index (Phi) is 8.56. The van der Waals surface area contributed by atoms with Gasteiger partial charge < -0.3 is 0 Å². The number of halogens is 1. The zero-order valence-electron chi connectivity index (χ0n) is 20.1.